The van der Waals surface area contributed by atoms with Crippen LogP contribution < -0.4 is 15.0 Å². The first-order chi connectivity index (χ1) is 18.7. The lowest BCUT2D eigenvalue weighted by Crippen LogP contribution is -2.14. The summed E-state index contributed by atoms with van der Waals surface area (Å²) in [5, 5.41) is 19.4. The molecule has 8 nitrogen and oxygen atoms in total. The van der Waals surface area contributed by atoms with Crippen LogP contribution in [0.1, 0.15) is 42.5 Å². The number of H-pyrrole nitrogens is 1. The predicted octanol–water partition coefficient (Wildman–Crippen LogP) is 5.96. The van der Waals surface area contributed by atoms with Gasteiger partial charge in [0.2, 0.25) is 5.89 Å². The van der Waals surface area contributed by atoms with Crippen molar-refractivity contribution in [3.8, 4) is 39.8 Å². The van der Waals surface area contributed by atoms with Gasteiger partial charge in [-0.2, -0.15) is 13.2 Å². The minimum Gasteiger partial charge on any atom is -0.506 e. The summed E-state index contributed by atoms with van der Waals surface area (Å²) in [5.41, 5.74) is 0.413. The fourth-order valence-electron chi connectivity index (χ4n) is 4.31. The maximum Gasteiger partial charge on any atom is 0.416 e. The van der Waals surface area contributed by atoms with Crippen molar-refractivity contribution in [2.24, 2.45) is 0 Å². The number of aromatic hydroxyl groups is 1. The van der Waals surface area contributed by atoms with Gasteiger partial charge in [0.05, 0.1) is 30.9 Å². The van der Waals surface area contributed by atoms with Crippen molar-refractivity contribution in [2.45, 2.75) is 45.2 Å². The second kappa shape index (κ2) is 11.6. The summed E-state index contributed by atoms with van der Waals surface area (Å²) in [4.78, 5) is 16.0. The van der Waals surface area contributed by atoms with Crippen LogP contribution >= 0.6 is 0 Å². The van der Waals surface area contributed by atoms with Gasteiger partial charge >= 0.3 is 6.18 Å². The van der Waals surface area contributed by atoms with E-state index >= 15 is 0 Å². The summed E-state index contributed by atoms with van der Waals surface area (Å²) in [6, 6.07) is 9.99. The van der Waals surface area contributed by atoms with Crippen LogP contribution in [0.2, 0.25) is 0 Å². The molecule has 0 radical (unpaired) electrons. The minimum absolute atomic E-state index is 0.162. The number of aromatic nitrogens is 3. The zero-order valence-corrected chi connectivity index (χ0v) is 21.7. The number of nitrogens with zero attached hydrogens (tertiary/aromatic N) is 2. The standard InChI is InChI=1S/C28H28F3N3O5/c1-4-5-7-18-22(23-19(37-2)8-6-9-20(23)38-3)25(35)24(26(36)32-18)27-34-33-21(39-27)15-12-16-10-13-17(14-11-16)28(29,30)31/h6,8-11,13-14H,4-5,7,12,15H2,1-3H3,(H2,32,35,36). The van der Waals surface area contributed by atoms with Crippen LogP contribution in [0.25, 0.3) is 22.6 Å². The van der Waals surface area contributed by atoms with E-state index in [2.05, 4.69) is 15.2 Å². The topological polar surface area (TPSA) is 110 Å². The Morgan fingerprint density at radius 2 is 1.59 bits per heavy atom. The maximum atomic E-state index is 13.1. The van der Waals surface area contributed by atoms with Gasteiger partial charge in [0, 0.05) is 12.1 Å². The normalized spacial score (nSPS) is 11.5. The Balaban J connectivity index is 1.71. The van der Waals surface area contributed by atoms with Gasteiger partial charge in [-0.15, -0.1) is 10.2 Å². The zero-order valence-electron chi connectivity index (χ0n) is 21.7. The van der Waals surface area contributed by atoms with Gasteiger partial charge in [0.25, 0.3) is 11.4 Å². The van der Waals surface area contributed by atoms with E-state index in [-0.39, 0.29) is 29.5 Å². The van der Waals surface area contributed by atoms with Crippen LogP contribution in [0, 0.1) is 0 Å². The quantitative estimate of drug-likeness (QED) is 0.254. The third-order valence-electron chi connectivity index (χ3n) is 6.31. The molecule has 4 aromatic rings. The monoisotopic (exact) mass is 543 g/mol. The molecule has 11 heteroatoms. The number of unbranched alkanes of at least 4 members (excludes halogenated alkanes) is 1. The second-order valence-corrected chi connectivity index (χ2v) is 8.87. The van der Waals surface area contributed by atoms with Gasteiger partial charge in [-0.25, -0.2) is 0 Å². The molecule has 4 rings (SSSR count). The smallest absolute Gasteiger partial charge is 0.416 e. The third kappa shape index (κ3) is 5.92. The van der Waals surface area contributed by atoms with Crippen LogP contribution in [0.3, 0.4) is 0 Å². The predicted molar refractivity (Wildman–Crippen MR) is 138 cm³/mol. The fraction of sp³-hybridized carbons (Fsp3) is 0.321. The molecule has 0 atom stereocenters. The number of aryl methyl sites for hydroxylation is 3. The number of nitrogens with one attached hydrogen (secondary N) is 1. The molecule has 0 unspecified atom stereocenters. The molecule has 2 N–H and O–H groups in total. The molecule has 0 aliphatic rings. The molecule has 0 aliphatic carbocycles. The lowest BCUT2D eigenvalue weighted by molar-refractivity contribution is -0.137. The van der Waals surface area contributed by atoms with Crippen molar-refractivity contribution in [1.82, 2.24) is 15.2 Å². The molecule has 0 fully saturated rings. The van der Waals surface area contributed by atoms with Crippen molar-refractivity contribution in [1.29, 1.82) is 0 Å². The van der Waals surface area contributed by atoms with E-state index in [1.807, 2.05) is 6.92 Å². The number of alkyl halides is 3. The number of pyridine rings is 1. The van der Waals surface area contributed by atoms with Gasteiger partial charge < -0.3 is 24.0 Å². The first-order valence-electron chi connectivity index (χ1n) is 12.4. The zero-order chi connectivity index (χ0) is 28.2. The minimum atomic E-state index is -4.41. The molecule has 2 aromatic carbocycles. The number of benzene rings is 2. The molecule has 0 amide bonds. The summed E-state index contributed by atoms with van der Waals surface area (Å²) in [6.07, 6.45) is -1.75. The number of rotatable bonds is 10. The summed E-state index contributed by atoms with van der Waals surface area (Å²) in [7, 11) is 2.99. The molecular formula is C28H28F3N3O5. The van der Waals surface area contributed by atoms with E-state index in [9.17, 15) is 23.1 Å². The van der Waals surface area contributed by atoms with Gasteiger partial charge in [-0.3, -0.25) is 4.79 Å². The summed E-state index contributed by atoms with van der Waals surface area (Å²) >= 11 is 0. The van der Waals surface area contributed by atoms with Gasteiger partial charge in [0.15, 0.2) is 0 Å². The highest BCUT2D eigenvalue weighted by atomic mass is 19.4. The Labute approximate surface area is 222 Å². The summed E-state index contributed by atoms with van der Waals surface area (Å²) in [6.45, 7) is 2.01. The number of hydrogen-bond acceptors (Lipinski definition) is 7. The highest BCUT2D eigenvalue weighted by Gasteiger charge is 2.30. The molecular weight excluding hydrogens is 515 g/mol. The Morgan fingerprint density at radius 1 is 0.923 bits per heavy atom. The van der Waals surface area contributed by atoms with Crippen molar-refractivity contribution < 1.29 is 32.2 Å². The highest BCUT2D eigenvalue weighted by Crippen LogP contribution is 2.46. The number of hydrogen-bond donors (Lipinski definition) is 2. The second-order valence-electron chi connectivity index (χ2n) is 8.87. The van der Waals surface area contributed by atoms with E-state index in [4.69, 9.17) is 13.9 Å². The van der Waals surface area contributed by atoms with Crippen LogP contribution in [0.15, 0.2) is 51.7 Å². The highest BCUT2D eigenvalue weighted by molar-refractivity contribution is 5.86. The maximum absolute atomic E-state index is 13.1. The van der Waals surface area contributed by atoms with Crippen LogP contribution in [-0.2, 0) is 25.4 Å². The molecule has 39 heavy (non-hydrogen) atoms. The van der Waals surface area contributed by atoms with E-state index in [0.717, 1.165) is 25.0 Å². The van der Waals surface area contributed by atoms with Crippen LogP contribution in [-0.4, -0.2) is 34.5 Å². The fourth-order valence-corrected chi connectivity index (χ4v) is 4.31. The van der Waals surface area contributed by atoms with Crippen molar-refractivity contribution in [3.63, 3.8) is 0 Å². The SMILES string of the molecule is CCCCc1[nH]c(=O)c(-c2nnc(CCc3ccc(C(F)(F)F)cc3)o2)c(O)c1-c1c(OC)cccc1OC. The summed E-state index contributed by atoms with van der Waals surface area (Å²) in [5.74, 6) is 0.486. The molecule has 0 aliphatic heterocycles. The first-order valence-corrected chi connectivity index (χ1v) is 12.4. The van der Waals surface area contributed by atoms with Crippen molar-refractivity contribution >= 4 is 0 Å². The third-order valence-corrected chi connectivity index (χ3v) is 6.31. The lowest BCUT2D eigenvalue weighted by Gasteiger charge is -2.18. The van der Waals surface area contributed by atoms with Crippen molar-refractivity contribution in [2.75, 3.05) is 14.2 Å². The Hall–Kier alpha value is -4.28. The number of ether oxygens (including phenoxy) is 2. The molecule has 206 valence electrons. The largest absolute Gasteiger partial charge is 0.506 e. The van der Waals surface area contributed by atoms with Gasteiger partial charge in [-0.05, 0) is 49.1 Å². The average molecular weight is 544 g/mol. The average Bonchev–Trinajstić information content (AvgIpc) is 3.38. The van der Waals surface area contributed by atoms with Crippen molar-refractivity contribution in [3.05, 3.63) is 75.5 Å². The Morgan fingerprint density at radius 3 is 2.18 bits per heavy atom. The first kappa shape index (κ1) is 27.7. The molecule has 0 spiro atoms. The van der Waals surface area contributed by atoms with Gasteiger partial charge in [0.1, 0.15) is 22.8 Å². The molecule has 2 heterocycles. The van der Waals surface area contributed by atoms with Crippen LogP contribution in [0.5, 0.6) is 17.2 Å². The Bertz CT molecular complexity index is 1470. The van der Waals surface area contributed by atoms with E-state index in [1.54, 1.807) is 18.2 Å². The van der Waals surface area contributed by atoms with E-state index < -0.39 is 17.3 Å². The van der Waals surface area contributed by atoms with Gasteiger partial charge in [-0.1, -0.05) is 31.5 Å². The molecule has 0 saturated carbocycles. The number of aromatic amines is 1. The van der Waals surface area contributed by atoms with Crippen LogP contribution in [0.4, 0.5) is 13.2 Å². The molecule has 0 bridgehead atoms. The van der Waals surface area contributed by atoms with E-state index in [1.165, 1.54) is 26.4 Å². The Kier molecular flexibility index (Phi) is 8.27. The van der Waals surface area contributed by atoms with E-state index in [0.29, 0.717) is 46.7 Å². The number of halogens is 3. The number of methoxy groups -OCH3 is 2. The lowest BCUT2D eigenvalue weighted by atomic mass is 9.96. The summed E-state index contributed by atoms with van der Waals surface area (Å²) < 4.78 is 55.2. The molecule has 0 saturated heterocycles. The molecule has 2 aromatic heterocycles.